The third-order valence-electron chi connectivity index (χ3n) is 1.79. The van der Waals surface area contributed by atoms with Crippen LogP contribution >= 0.6 is 0 Å². The summed E-state index contributed by atoms with van der Waals surface area (Å²) in [5.41, 5.74) is 5.14. The van der Waals surface area contributed by atoms with E-state index in [0.29, 0.717) is 0 Å². The lowest BCUT2D eigenvalue weighted by Gasteiger charge is -2.00. The van der Waals surface area contributed by atoms with Crippen LogP contribution in [0.25, 0.3) is 6.08 Å². The summed E-state index contributed by atoms with van der Waals surface area (Å²) in [7, 11) is 0. The van der Waals surface area contributed by atoms with Gasteiger partial charge in [0.25, 0.3) is 5.69 Å². The average Bonchev–Trinajstić information content (AvgIpc) is 2.15. The second-order valence-electron chi connectivity index (χ2n) is 3.15. The maximum Gasteiger partial charge on any atom is 0.279 e. The van der Waals surface area contributed by atoms with E-state index in [4.69, 9.17) is 5.73 Å². The lowest BCUT2D eigenvalue weighted by molar-refractivity contribution is -0.385. The number of rotatable bonds is 3. The molecule has 1 aromatic rings. The van der Waals surface area contributed by atoms with Crippen molar-refractivity contribution in [3.8, 4) is 0 Å². The normalized spacial score (nSPS) is 13.0. The van der Waals surface area contributed by atoms with Crippen LogP contribution in [0.3, 0.4) is 0 Å². The van der Waals surface area contributed by atoms with Crippen LogP contribution in [0.4, 0.5) is 10.1 Å². The van der Waals surface area contributed by atoms with Crippen LogP contribution in [0.15, 0.2) is 24.3 Å². The maximum atomic E-state index is 13.3. The number of benzene rings is 1. The topological polar surface area (TPSA) is 69.2 Å². The molecule has 0 spiro atoms. The second kappa shape index (κ2) is 4.65. The van der Waals surface area contributed by atoms with Gasteiger partial charge in [-0.2, -0.15) is 0 Å². The van der Waals surface area contributed by atoms with Crippen LogP contribution in [-0.2, 0) is 0 Å². The Morgan fingerprint density at radius 1 is 1.60 bits per heavy atom. The number of hydrogen-bond donors (Lipinski definition) is 1. The Kier molecular flexibility index (Phi) is 3.51. The highest BCUT2D eigenvalue weighted by Crippen LogP contribution is 2.22. The first-order valence-corrected chi connectivity index (χ1v) is 4.39. The lowest BCUT2D eigenvalue weighted by Crippen LogP contribution is -2.10. The molecule has 80 valence electrons. The van der Waals surface area contributed by atoms with E-state index in [9.17, 15) is 14.5 Å². The van der Waals surface area contributed by atoms with Gasteiger partial charge in [0.05, 0.1) is 10.5 Å². The summed E-state index contributed by atoms with van der Waals surface area (Å²) >= 11 is 0. The van der Waals surface area contributed by atoms with Crippen LogP contribution in [0.1, 0.15) is 12.5 Å². The van der Waals surface area contributed by atoms with Crippen LogP contribution in [0.5, 0.6) is 0 Å². The number of hydrogen-bond acceptors (Lipinski definition) is 3. The molecule has 2 N–H and O–H groups in total. The van der Waals surface area contributed by atoms with Gasteiger partial charge in [0.1, 0.15) is 5.82 Å². The molecule has 0 amide bonds. The molecular weight excluding hydrogens is 199 g/mol. The van der Waals surface area contributed by atoms with Gasteiger partial charge in [-0.1, -0.05) is 12.1 Å². The largest absolute Gasteiger partial charge is 0.325 e. The molecule has 0 heterocycles. The highest BCUT2D eigenvalue weighted by Gasteiger charge is 2.14. The van der Waals surface area contributed by atoms with Crippen molar-refractivity contribution in [1.29, 1.82) is 0 Å². The van der Waals surface area contributed by atoms with Gasteiger partial charge in [-0.05, 0) is 19.1 Å². The van der Waals surface area contributed by atoms with Gasteiger partial charge >= 0.3 is 0 Å². The monoisotopic (exact) mass is 210 g/mol. The molecule has 1 rings (SSSR count). The van der Waals surface area contributed by atoms with E-state index >= 15 is 0 Å². The van der Waals surface area contributed by atoms with Crippen molar-refractivity contribution in [2.24, 2.45) is 5.73 Å². The summed E-state index contributed by atoms with van der Waals surface area (Å²) in [5, 5.41) is 10.6. The highest BCUT2D eigenvalue weighted by atomic mass is 19.1. The molecule has 0 radical (unpaired) electrons. The van der Waals surface area contributed by atoms with Gasteiger partial charge in [0.2, 0.25) is 0 Å². The molecule has 1 aromatic carbocycles. The first-order valence-electron chi connectivity index (χ1n) is 4.39. The molecule has 0 saturated carbocycles. The molecule has 0 aromatic heterocycles. The number of nitro groups is 1. The van der Waals surface area contributed by atoms with Crippen LogP contribution < -0.4 is 5.73 Å². The zero-order valence-electron chi connectivity index (χ0n) is 8.18. The Hall–Kier alpha value is -1.75. The minimum absolute atomic E-state index is 0.0419. The second-order valence-corrected chi connectivity index (χ2v) is 3.15. The summed E-state index contributed by atoms with van der Waals surface area (Å²) in [6.45, 7) is 1.70. The fourth-order valence-electron chi connectivity index (χ4n) is 1.10. The zero-order valence-corrected chi connectivity index (χ0v) is 8.18. The van der Waals surface area contributed by atoms with Gasteiger partial charge in [-0.3, -0.25) is 10.1 Å². The molecule has 0 aliphatic carbocycles. The Bertz CT molecular complexity index is 402. The molecule has 15 heavy (non-hydrogen) atoms. The minimum Gasteiger partial charge on any atom is -0.325 e. The van der Waals surface area contributed by atoms with Crippen LogP contribution in [-0.4, -0.2) is 11.0 Å². The first kappa shape index (κ1) is 11.3. The number of nitro benzene ring substituents is 1. The van der Waals surface area contributed by atoms with Crippen molar-refractivity contribution in [2.75, 3.05) is 0 Å². The molecule has 0 saturated heterocycles. The number of nitrogens with two attached hydrogens (primary N) is 1. The van der Waals surface area contributed by atoms with Crippen molar-refractivity contribution < 1.29 is 9.31 Å². The summed E-state index contributed by atoms with van der Waals surface area (Å²) in [6.07, 6.45) is 2.84. The van der Waals surface area contributed by atoms with Crippen molar-refractivity contribution in [2.45, 2.75) is 13.0 Å². The smallest absolute Gasteiger partial charge is 0.279 e. The van der Waals surface area contributed by atoms with Crippen molar-refractivity contribution >= 4 is 11.8 Å². The quantitative estimate of drug-likeness (QED) is 0.613. The van der Waals surface area contributed by atoms with Crippen molar-refractivity contribution in [3.63, 3.8) is 0 Å². The van der Waals surface area contributed by atoms with Crippen LogP contribution in [0, 0.1) is 15.9 Å². The first-order chi connectivity index (χ1) is 7.02. The van der Waals surface area contributed by atoms with Gasteiger partial charge in [0.15, 0.2) is 0 Å². The van der Waals surface area contributed by atoms with E-state index in [1.54, 1.807) is 6.92 Å². The van der Waals surface area contributed by atoms with E-state index in [2.05, 4.69) is 0 Å². The third kappa shape index (κ3) is 2.85. The highest BCUT2D eigenvalue weighted by molar-refractivity contribution is 5.61. The molecular formula is C10H11FN2O2. The minimum atomic E-state index is -0.624. The maximum absolute atomic E-state index is 13.3. The van der Waals surface area contributed by atoms with Gasteiger partial charge < -0.3 is 5.73 Å². The summed E-state index contributed by atoms with van der Waals surface area (Å²) < 4.78 is 13.3. The van der Waals surface area contributed by atoms with Crippen LogP contribution in [0.2, 0.25) is 0 Å². The summed E-state index contributed by atoms with van der Waals surface area (Å²) in [6, 6.07) is 3.46. The Morgan fingerprint density at radius 3 is 2.80 bits per heavy atom. The van der Waals surface area contributed by atoms with E-state index in [1.807, 2.05) is 0 Å². The molecule has 0 aliphatic heterocycles. The Balaban J connectivity index is 3.19. The summed E-state index contributed by atoms with van der Waals surface area (Å²) in [5.74, 6) is -0.624. The standard InChI is InChI=1S/C10H11FN2O2/c1-7(12)5-6-8-9(11)3-2-4-10(8)13(14)15/h2-7H,12H2,1H3/b6-5+. The van der Waals surface area contributed by atoms with E-state index < -0.39 is 10.7 Å². The predicted molar refractivity (Wildman–Crippen MR) is 55.7 cm³/mol. The molecule has 1 unspecified atom stereocenters. The fraction of sp³-hybridized carbons (Fsp3) is 0.200. The van der Waals surface area contributed by atoms with Gasteiger partial charge in [0, 0.05) is 12.1 Å². The fourth-order valence-corrected chi connectivity index (χ4v) is 1.10. The Labute approximate surface area is 86.4 Å². The molecule has 5 heteroatoms. The summed E-state index contributed by atoms with van der Waals surface area (Å²) in [4.78, 5) is 9.97. The van der Waals surface area contributed by atoms with E-state index in [-0.39, 0.29) is 17.3 Å². The van der Waals surface area contributed by atoms with E-state index in [1.165, 1.54) is 30.4 Å². The lowest BCUT2D eigenvalue weighted by atomic mass is 10.1. The third-order valence-corrected chi connectivity index (χ3v) is 1.79. The predicted octanol–water partition coefficient (Wildman–Crippen LogP) is 2.09. The van der Waals surface area contributed by atoms with Gasteiger partial charge in [-0.15, -0.1) is 0 Å². The molecule has 0 bridgehead atoms. The average molecular weight is 210 g/mol. The molecule has 4 nitrogen and oxygen atoms in total. The van der Waals surface area contributed by atoms with Gasteiger partial charge in [-0.25, -0.2) is 4.39 Å². The van der Waals surface area contributed by atoms with Crippen molar-refractivity contribution in [3.05, 3.63) is 45.8 Å². The number of halogens is 1. The molecule has 0 fully saturated rings. The zero-order chi connectivity index (χ0) is 11.4. The SMILES string of the molecule is CC(N)/C=C/c1c(F)cccc1[N+](=O)[O-]. The van der Waals surface area contributed by atoms with E-state index in [0.717, 1.165) is 0 Å². The van der Waals surface area contributed by atoms with Crippen molar-refractivity contribution in [1.82, 2.24) is 0 Å². The molecule has 1 atom stereocenters. The number of nitrogens with zero attached hydrogens (tertiary/aromatic N) is 1. The Morgan fingerprint density at radius 2 is 2.27 bits per heavy atom. The molecule has 0 aliphatic rings.